The smallest absolute Gasteiger partial charge is 0.300 e. The lowest BCUT2D eigenvalue weighted by Crippen LogP contribution is -2.15. The van der Waals surface area contributed by atoms with E-state index in [1.807, 2.05) is 30.3 Å². The molecule has 0 aromatic heterocycles. The van der Waals surface area contributed by atoms with Crippen LogP contribution in [0.15, 0.2) is 30.3 Å². The highest BCUT2D eigenvalue weighted by atomic mass is 16.4. The Morgan fingerprint density at radius 3 is 1.89 bits per heavy atom. The highest BCUT2D eigenvalue weighted by Crippen LogP contribution is 1.96. The van der Waals surface area contributed by atoms with Crippen LogP contribution in [0.25, 0.3) is 0 Å². The predicted octanol–water partition coefficient (Wildman–Crippen LogP) is -0.149. The molecule has 0 heterocycles. The zero-order valence-corrected chi connectivity index (χ0v) is 10.8. The number of carbonyl (C=O) groups excluding carboxylic acids is 1. The summed E-state index contributed by atoms with van der Waals surface area (Å²) in [6.07, 6.45) is 0.487. The Morgan fingerprint density at radius 1 is 1.21 bits per heavy atom. The van der Waals surface area contributed by atoms with Crippen LogP contribution in [0, 0.1) is 0 Å². The SMILES string of the molecule is CC(=O)O.O=CCc1ccccc1.OCC(O)CO. The first kappa shape index (κ1) is 19.6. The van der Waals surface area contributed by atoms with Crippen LogP contribution in [-0.4, -0.2) is 52.0 Å². The van der Waals surface area contributed by atoms with Gasteiger partial charge in [-0.3, -0.25) is 4.79 Å². The number of carboxylic acid groups (broad SMARTS) is 1. The van der Waals surface area contributed by atoms with Gasteiger partial charge < -0.3 is 25.2 Å². The largest absolute Gasteiger partial charge is 0.481 e. The number of benzene rings is 1. The Morgan fingerprint density at radius 2 is 1.63 bits per heavy atom. The van der Waals surface area contributed by atoms with Crippen molar-refractivity contribution in [2.45, 2.75) is 19.4 Å². The first-order chi connectivity index (χ1) is 8.97. The standard InChI is InChI=1S/C8H8O.C3H8O3.C2H4O2/c9-7-6-8-4-2-1-3-5-8;4-1-3(6)2-5;1-2(3)4/h1-5,7H,6H2;3-6H,1-2H2;1H3,(H,3,4). The monoisotopic (exact) mass is 272 g/mol. The van der Waals surface area contributed by atoms with E-state index in [1.165, 1.54) is 0 Å². The van der Waals surface area contributed by atoms with Gasteiger partial charge >= 0.3 is 0 Å². The van der Waals surface area contributed by atoms with Crippen molar-refractivity contribution < 1.29 is 30.0 Å². The number of aldehydes is 1. The fourth-order valence-corrected chi connectivity index (χ4v) is 0.768. The second kappa shape index (κ2) is 14.3. The molecule has 0 fully saturated rings. The number of carboxylic acids is 1. The van der Waals surface area contributed by atoms with Crippen LogP contribution in [0.2, 0.25) is 0 Å². The molecule has 0 saturated carbocycles. The summed E-state index contributed by atoms with van der Waals surface area (Å²) >= 11 is 0. The molecule has 0 aliphatic carbocycles. The van der Waals surface area contributed by atoms with Gasteiger partial charge in [0, 0.05) is 13.3 Å². The van der Waals surface area contributed by atoms with Gasteiger partial charge in [-0.05, 0) is 5.56 Å². The van der Waals surface area contributed by atoms with Crippen molar-refractivity contribution >= 4 is 12.3 Å². The highest BCUT2D eigenvalue weighted by Gasteiger charge is 1.93. The Bertz CT molecular complexity index is 317. The van der Waals surface area contributed by atoms with Gasteiger partial charge in [0.25, 0.3) is 5.97 Å². The summed E-state index contributed by atoms with van der Waals surface area (Å²) in [6, 6.07) is 9.68. The van der Waals surface area contributed by atoms with Gasteiger partial charge in [-0.2, -0.15) is 0 Å². The molecule has 0 atom stereocenters. The van der Waals surface area contributed by atoms with E-state index < -0.39 is 12.1 Å². The molecule has 0 spiro atoms. The molecule has 19 heavy (non-hydrogen) atoms. The molecule has 108 valence electrons. The average Bonchev–Trinajstić information content (AvgIpc) is 2.39. The van der Waals surface area contributed by atoms with Crippen molar-refractivity contribution in [3.05, 3.63) is 35.9 Å². The Hall–Kier alpha value is -1.76. The van der Waals surface area contributed by atoms with Gasteiger partial charge in [0.05, 0.1) is 13.2 Å². The summed E-state index contributed by atoms with van der Waals surface area (Å²) in [5.41, 5.74) is 1.08. The van der Waals surface area contributed by atoms with Gasteiger partial charge in [-0.25, -0.2) is 0 Å². The molecule has 0 radical (unpaired) electrons. The van der Waals surface area contributed by atoms with Crippen LogP contribution in [0.3, 0.4) is 0 Å². The minimum absolute atomic E-state index is 0.365. The van der Waals surface area contributed by atoms with Gasteiger partial charge in [0.1, 0.15) is 12.4 Å². The molecule has 1 rings (SSSR count). The molecule has 0 unspecified atom stereocenters. The average molecular weight is 272 g/mol. The molecular formula is C13H20O6. The maximum Gasteiger partial charge on any atom is 0.300 e. The molecule has 0 aliphatic heterocycles. The van der Waals surface area contributed by atoms with Crippen LogP contribution in [-0.2, 0) is 16.0 Å². The van der Waals surface area contributed by atoms with Crippen molar-refractivity contribution in [2.75, 3.05) is 13.2 Å². The summed E-state index contributed by atoms with van der Waals surface area (Å²) in [5, 5.41) is 31.4. The molecule has 0 aliphatic rings. The second-order valence-corrected chi connectivity index (χ2v) is 3.39. The molecule has 0 amide bonds. The number of hydrogen-bond acceptors (Lipinski definition) is 5. The number of rotatable bonds is 4. The minimum atomic E-state index is -0.954. The van der Waals surface area contributed by atoms with E-state index in [4.69, 9.17) is 25.2 Å². The summed E-state index contributed by atoms with van der Waals surface area (Å²) in [5.74, 6) is -0.833. The molecule has 6 nitrogen and oxygen atoms in total. The minimum Gasteiger partial charge on any atom is -0.481 e. The van der Waals surface area contributed by atoms with Crippen molar-refractivity contribution in [2.24, 2.45) is 0 Å². The van der Waals surface area contributed by atoms with Crippen LogP contribution < -0.4 is 0 Å². The summed E-state index contributed by atoms with van der Waals surface area (Å²) in [4.78, 5) is 19.0. The second-order valence-electron chi connectivity index (χ2n) is 3.39. The lowest BCUT2D eigenvalue weighted by atomic mass is 10.2. The zero-order valence-electron chi connectivity index (χ0n) is 10.8. The molecular weight excluding hydrogens is 252 g/mol. The zero-order chi connectivity index (χ0) is 15.1. The number of carbonyl (C=O) groups is 2. The first-order valence-corrected chi connectivity index (χ1v) is 5.54. The van der Waals surface area contributed by atoms with Crippen molar-refractivity contribution in [1.82, 2.24) is 0 Å². The van der Waals surface area contributed by atoms with E-state index in [-0.39, 0.29) is 13.2 Å². The van der Waals surface area contributed by atoms with Gasteiger partial charge in [0.2, 0.25) is 0 Å². The summed E-state index contributed by atoms with van der Waals surface area (Å²) in [7, 11) is 0. The van der Waals surface area contributed by atoms with E-state index in [0.29, 0.717) is 6.42 Å². The van der Waals surface area contributed by atoms with E-state index in [1.54, 1.807) is 0 Å². The first-order valence-electron chi connectivity index (χ1n) is 5.54. The fourth-order valence-electron chi connectivity index (χ4n) is 0.768. The number of hydrogen-bond donors (Lipinski definition) is 4. The third-order valence-corrected chi connectivity index (χ3v) is 1.58. The highest BCUT2D eigenvalue weighted by molar-refractivity contribution is 5.62. The Kier molecular flexibility index (Phi) is 14.7. The topological polar surface area (TPSA) is 115 Å². The molecule has 0 bridgehead atoms. The van der Waals surface area contributed by atoms with Gasteiger partial charge in [-0.1, -0.05) is 30.3 Å². The Labute approximate surface area is 111 Å². The maximum absolute atomic E-state index is 9.97. The number of aliphatic hydroxyl groups is 3. The third-order valence-electron chi connectivity index (χ3n) is 1.58. The predicted molar refractivity (Wildman–Crippen MR) is 69.7 cm³/mol. The fraction of sp³-hybridized carbons (Fsp3) is 0.385. The quantitative estimate of drug-likeness (QED) is 0.567. The summed E-state index contributed by atoms with van der Waals surface area (Å²) < 4.78 is 0. The van der Waals surface area contributed by atoms with Crippen LogP contribution in [0.5, 0.6) is 0 Å². The van der Waals surface area contributed by atoms with Crippen LogP contribution in [0.1, 0.15) is 12.5 Å². The van der Waals surface area contributed by atoms with E-state index >= 15 is 0 Å². The maximum atomic E-state index is 9.97. The van der Waals surface area contributed by atoms with Crippen LogP contribution in [0.4, 0.5) is 0 Å². The van der Waals surface area contributed by atoms with Crippen molar-refractivity contribution in [1.29, 1.82) is 0 Å². The van der Waals surface area contributed by atoms with Crippen LogP contribution >= 0.6 is 0 Å². The van der Waals surface area contributed by atoms with E-state index in [2.05, 4.69) is 0 Å². The van der Waals surface area contributed by atoms with Crippen molar-refractivity contribution in [3.8, 4) is 0 Å². The summed E-state index contributed by atoms with van der Waals surface area (Å²) in [6.45, 7) is 0.354. The van der Waals surface area contributed by atoms with Crippen molar-refractivity contribution in [3.63, 3.8) is 0 Å². The van der Waals surface area contributed by atoms with E-state index in [0.717, 1.165) is 18.8 Å². The van der Waals surface area contributed by atoms with E-state index in [9.17, 15) is 4.79 Å². The van der Waals surface area contributed by atoms with Gasteiger partial charge in [-0.15, -0.1) is 0 Å². The molecule has 6 heteroatoms. The number of aliphatic hydroxyl groups excluding tert-OH is 3. The lowest BCUT2D eigenvalue weighted by Gasteiger charge is -1.96. The third kappa shape index (κ3) is 18.8. The number of aliphatic carboxylic acids is 1. The molecule has 1 aromatic rings. The Balaban J connectivity index is 0. The van der Waals surface area contributed by atoms with Gasteiger partial charge in [0.15, 0.2) is 0 Å². The molecule has 4 N–H and O–H groups in total. The normalized spacial score (nSPS) is 8.68. The lowest BCUT2D eigenvalue weighted by molar-refractivity contribution is -0.134. The molecule has 1 aromatic carbocycles. The molecule has 0 saturated heterocycles.